The molecule has 46 valence electrons. The Morgan fingerprint density at radius 2 is 1.88 bits per heavy atom. The van der Waals surface area contributed by atoms with Crippen LogP contribution in [-0.2, 0) is 0 Å². The Bertz CT molecular complexity index is 70.4. The van der Waals surface area contributed by atoms with Gasteiger partial charge in [0.25, 0.3) is 0 Å². The third kappa shape index (κ3) is 1.22. The van der Waals surface area contributed by atoms with Crippen LogP contribution in [0.25, 0.3) is 0 Å². The molecular formula is C7H13N. The van der Waals surface area contributed by atoms with Crippen molar-refractivity contribution in [2.45, 2.75) is 31.7 Å². The molecule has 0 aromatic carbocycles. The molecule has 2 aliphatic carbocycles. The van der Waals surface area contributed by atoms with Gasteiger partial charge in [0, 0.05) is 6.04 Å². The lowest BCUT2D eigenvalue weighted by molar-refractivity contribution is 0.635. The maximum absolute atomic E-state index is 3.52. The van der Waals surface area contributed by atoms with Gasteiger partial charge in [0.2, 0.25) is 0 Å². The summed E-state index contributed by atoms with van der Waals surface area (Å²) in [6, 6.07) is 0.926. The fourth-order valence-corrected chi connectivity index (χ4v) is 0.943. The SMILES string of the molecule is C1CC1CNC1CC1. The van der Waals surface area contributed by atoms with Crippen LogP contribution < -0.4 is 5.32 Å². The van der Waals surface area contributed by atoms with Gasteiger partial charge in [0.05, 0.1) is 0 Å². The van der Waals surface area contributed by atoms with Crippen LogP contribution >= 0.6 is 0 Å². The van der Waals surface area contributed by atoms with E-state index in [1.54, 1.807) is 0 Å². The molecule has 0 aromatic heterocycles. The molecular weight excluding hydrogens is 98.1 g/mol. The van der Waals surface area contributed by atoms with E-state index in [4.69, 9.17) is 0 Å². The molecule has 0 atom stereocenters. The molecule has 2 fully saturated rings. The van der Waals surface area contributed by atoms with Gasteiger partial charge in [-0.2, -0.15) is 0 Å². The summed E-state index contributed by atoms with van der Waals surface area (Å²) < 4.78 is 0. The van der Waals surface area contributed by atoms with Crippen LogP contribution in [0.3, 0.4) is 0 Å². The summed E-state index contributed by atoms with van der Waals surface area (Å²) in [5.41, 5.74) is 0. The van der Waals surface area contributed by atoms with E-state index < -0.39 is 0 Å². The van der Waals surface area contributed by atoms with Gasteiger partial charge in [-0.1, -0.05) is 0 Å². The van der Waals surface area contributed by atoms with E-state index in [0.29, 0.717) is 0 Å². The minimum Gasteiger partial charge on any atom is -0.314 e. The first-order valence-electron chi connectivity index (χ1n) is 3.68. The third-order valence-electron chi connectivity index (χ3n) is 1.97. The fraction of sp³-hybridized carbons (Fsp3) is 1.00. The largest absolute Gasteiger partial charge is 0.314 e. The smallest absolute Gasteiger partial charge is 0.00683 e. The summed E-state index contributed by atoms with van der Waals surface area (Å²) in [6.45, 7) is 1.31. The molecule has 0 unspecified atom stereocenters. The normalized spacial score (nSPS) is 28.5. The average molecular weight is 111 g/mol. The van der Waals surface area contributed by atoms with Crippen LogP contribution in [0, 0.1) is 5.92 Å². The molecule has 2 saturated carbocycles. The van der Waals surface area contributed by atoms with Crippen LogP contribution in [0.15, 0.2) is 0 Å². The quantitative estimate of drug-likeness (QED) is 0.576. The second kappa shape index (κ2) is 1.73. The van der Waals surface area contributed by atoms with E-state index in [-0.39, 0.29) is 0 Å². The van der Waals surface area contributed by atoms with Crippen molar-refractivity contribution in [3.8, 4) is 0 Å². The second-order valence-electron chi connectivity index (χ2n) is 3.13. The highest BCUT2D eigenvalue weighted by Crippen LogP contribution is 2.29. The van der Waals surface area contributed by atoms with Crippen molar-refractivity contribution in [1.82, 2.24) is 5.32 Å². The van der Waals surface area contributed by atoms with E-state index in [1.165, 1.54) is 32.2 Å². The van der Waals surface area contributed by atoms with Gasteiger partial charge >= 0.3 is 0 Å². The maximum atomic E-state index is 3.52. The molecule has 1 heteroatoms. The summed E-state index contributed by atoms with van der Waals surface area (Å²) in [6.07, 6.45) is 5.85. The molecule has 0 heterocycles. The number of hydrogen-bond donors (Lipinski definition) is 1. The van der Waals surface area contributed by atoms with E-state index in [0.717, 1.165) is 12.0 Å². The molecule has 0 radical (unpaired) electrons. The molecule has 2 aliphatic rings. The van der Waals surface area contributed by atoms with Gasteiger partial charge in [-0.25, -0.2) is 0 Å². The first-order chi connectivity index (χ1) is 3.95. The molecule has 0 spiro atoms. The van der Waals surface area contributed by atoms with Gasteiger partial charge in [0.1, 0.15) is 0 Å². The Morgan fingerprint density at radius 3 is 2.38 bits per heavy atom. The maximum Gasteiger partial charge on any atom is 0.00683 e. The standard InChI is InChI=1S/C7H13N/c1-2-6(1)5-8-7-3-4-7/h6-8H,1-5H2. The van der Waals surface area contributed by atoms with E-state index in [9.17, 15) is 0 Å². The van der Waals surface area contributed by atoms with Crippen molar-refractivity contribution in [1.29, 1.82) is 0 Å². The first-order valence-corrected chi connectivity index (χ1v) is 3.68. The molecule has 0 aliphatic heterocycles. The summed E-state index contributed by atoms with van der Waals surface area (Å²) in [5, 5.41) is 3.52. The van der Waals surface area contributed by atoms with Gasteiger partial charge < -0.3 is 5.32 Å². The van der Waals surface area contributed by atoms with Gasteiger partial charge in [-0.05, 0) is 38.1 Å². The molecule has 0 amide bonds. The summed E-state index contributed by atoms with van der Waals surface area (Å²) in [5.74, 6) is 1.07. The van der Waals surface area contributed by atoms with Crippen molar-refractivity contribution in [3.05, 3.63) is 0 Å². The van der Waals surface area contributed by atoms with Crippen LogP contribution in [0.4, 0.5) is 0 Å². The van der Waals surface area contributed by atoms with Gasteiger partial charge in [0.15, 0.2) is 0 Å². The summed E-state index contributed by atoms with van der Waals surface area (Å²) in [4.78, 5) is 0. The molecule has 0 saturated heterocycles. The van der Waals surface area contributed by atoms with Crippen LogP contribution in [0.5, 0.6) is 0 Å². The van der Waals surface area contributed by atoms with Crippen LogP contribution in [0.1, 0.15) is 25.7 Å². The minimum absolute atomic E-state index is 0.926. The van der Waals surface area contributed by atoms with E-state index in [2.05, 4.69) is 5.32 Å². The highest BCUT2D eigenvalue weighted by molar-refractivity contribution is 4.84. The Morgan fingerprint density at radius 1 is 1.12 bits per heavy atom. The molecule has 2 rings (SSSR count). The Hall–Kier alpha value is -0.0400. The molecule has 0 bridgehead atoms. The molecule has 1 nitrogen and oxygen atoms in total. The lowest BCUT2D eigenvalue weighted by Gasteiger charge is -1.96. The number of nitrogens with one attached hydrogen (secondary N) is 1. The average Bonchev–Trinajstić information content (AvgIpc) is 2.60. The monoisotopic (exact) mass is 111 g/mol. The predicted molar refractivity (Wildman–Crippen MR) is 33.7 cm³/mol. The zero-order valence-corrected chi connectivity index (χ0v) is 5.19. The minimum atomic E-state index is 0.926. The van der Waals surface area contributed by atoms with Gasteiger partial charge in [-0.15, -0.1) is 0 Å². The van der Waals surface area contributed by atoms with Gasteiger partial charge in [-0.3, -0.25) is 0 Å². The molecule has 8 heavy (non-hydrogen) atoms. The lowest BCUT2D eigenvalue weighted by atomic mass is 10.4. The Labute approximate surface area is 50.5 Å². The van der Waals surface area contributed by atoms with Crippen molar-refractivity contribution in [2.75, 3.05) is 6.54 Å². The Balaban J connectivity index is 1.56. The fourth-order valence-electron chi connectivity index (χ4n) is 0.943. The molecule has 1 N–H and O–H groups in total. The topological polar surface area (TPSA) is 12.0 Å². The predicted octanol–water partition coefficient (Wildman–Crippen LogP) is 1.15. The van der Waals surface area contributed by atoms with Crippen molar-refractivity contribution < 1.29 is 0 Å². The van der Waals surface area contributed by atoms with E-state index >= 15 is 0 Å². The third-order valence-corrected chi connectivity index (χ3v) is 1.97. The summed E-state index contributed by atoms with van der Waals surface area (Å²) in [7, 11) is 0. The van der Waals surface area contributed by atoms with Crippen molar-refractivity contribution >= 4 is 0 Å². The number of rotatable bonds is 3. The highest BCUT2D eigenvalue weighted by atomic mass is 14.9. The lowest BCUT2D eigenvalue weighted by Crippen LogP contribution is -2.18. The second-order valence-corrected chi connectivity index (χ2v) is 3.13. The van der Waals surface area contributed by atoms with Crippen molar-refractivity contribution in [2.24, 2.45) is 5.92 Å². The van der Waals surface area contributed by atoms with Crippen LogP contribution in [0.2, 0.25) is 0 Å². The zero-order valence-electron chi connectivity index (χ0n) is 5.19. The zero-order chi connectivity index (χ0) is 5.40. The van der Waals surface area contributed by atoms with Crippen LogP contribution in [-0.4, -0.2) is 12.6 Å². The van der Waals surface area contributed by atoms with E-state index in [1.807, 2.05) is 0 Å². The Kier molecular flexibility index (Phi) is 1.04. The van der Waals surface area contributed by atoms with Crippen molar-refractivity contribution in [3.63, 3.8) is 0 Å². The highest BCUT2D eigenvalue weighted by Gasteiger charge is 2.25. The summed E-state index contributed by atoms with van der Waals surface area (Å²) >= 11 is 0. The first kappa shape index (κ1) is 4.80. The number of hydrogen-bond acceptors (Lipinski definition) is 1. The molecule has 0 aromatic rings.